The molecule has 1 atom stereocenters. The van der Waals surface area contributed by atoms with Gasteiger partial charge in [0.05, 0.1) is 17.2 Å². The predicted molar refractivity (Wildman–Crippen MR) is 72.3 cm³/mol. The van der Waals surface area contributed by atoms with Crippen molar-refractivity contribution in [2.45, 2.75) is 18.6 Å². The highest BCUT2D eigenvalue weighted by molar-refractivity contribution is 5.83. The summed E-state index contributed by atoms with van der Waals surface area (Å²) in [6.45, 7) is -1.43. The van der Waals surface area contributed by atoms with Crippen molar-refractivity contribution in [1.82, 2.24) is 14.5 Å². The maximum absolute atomic E-state index is 13.1. The van der Waals surface area contributed by atoms with E-state index in [9.17, 15) is 27.2 Å². The average molecular weight is 329 g/mol. The molecule has 0 saturated carbocycles. The van der Waals surface area contributed by atoms with Crippen LogP contribution in [-0.2, 0) is 4.79 Å². The minimum atomic E-state index is -4.49. The monoisotopic (exact) mass is 329 g/mol. The molecule has 1 fully saturated rings. The van der Waals surface area contributed by atoms with Crippen LogP contribution in [0.3, 0.4) is 0 Å². The van der Waals surface area contributed by atoms with Crippen LogP contribution in [0.25, 0.3) is 10.9 Å². The van der Waals surface area contributed by atoms with Crippen LogP contribution in [0, 0.1) is 5.82 Å². The Balaban J connectivity index is 1.95. The lowest BCUT2D eigenvalue weighted by atomic mass is 10.2. The van der Waals surface area contributed by atoms with Gasteiger partial charge in [-0.25, -0.2) is 9.37 Å². The second-order valence-electron chi connectivity index (χ2n) is 5.30. The molecule has 23 heavy (non-hydrogen) atoms. The lowest BCUT2D eigenvalue weighted by Gasteiger charge is -2.19. The molecule has 1 aliphatic rings. The third-order valence-electron chi connectivity index (χ3n) is 3.72. The van der Waals surface area contributed by atoms with Crippen molar-refractivity contribution in [3.05, 3.63) is 40.7 Å². The molecule has 0 N–H and O–H groups in total. The summed E-state index contributed by atoms with van der Waals surface area (Å²) in [5.74, 6) is -1.33. The zero-order valence-corrected chi connectivity index (χ0v) is 11.7. The first-order valence-corrected chi connectivity index (χ1v) is 6.78. The van der Waals surface area contributed by atoms with E-state index in [4.69, 9.17) is 0 Å². The molecule has 0 unspecified atom stereocenters. The predicted octanol–water partition coefficient (Wildman–Crippen LogP) is 1.87. The fraction of sp³-hybridized carbons (Fsp3) is 0.357. The molecule has 9 heteroatoms. The number of likely N-dealkylation sites (tertiary alicyclic amines) is 1. The maximum atomic E-state index is 13.1. The van der Waals surface area contributed by atoms with Crippen molar-refractivity contribution in [2.24, 2.45) is 0 Å². The molecule has 5 nitrogen and oxygen atoms in total. The van der Waals surface area contributed by atoms with Crippen LogP contribution in [0.5, 0.6) is 0 Å². The minimum Gasteiger partial charge on any atom is -0.332 e. The van der Waals surface area contributed by atoms with Gasteiger partial charge in [0, 0.05) is 12.6 Å². The van der Waals surface area contributed by atoms with Gasteiger partial charge in [-0.15, -0.1) is 0 Å². The van der Waals surface area contributed by atoms with Crippen molar-refractivity contribution in [2.75, 3.05) is 13.1 Å². The van der Waals surface area contributed by atoms with E-state index in [0.717, 1.165) is 23.0 Å². The Labute approximate surface area is 127 Å². The van der Waals surface area contributed by atoms with Gasteiger partial charge in [0.1, 0.15) is 18.4 Å². The molecule has 1 aromatic heterocycles. The van der Waals surface area contributed by atoms with Crippen molar-refractivity contribution in [3.63, 3.8) is 0 Å². The Morgan fingerprint density at radius 1 is 1.26 bits per heavy atom. The normalized spacial score (nSPS) is 18.9. The Hall–Kier alpha value is -2.45. The topological polar surface area (TPSA) is 55.2 Å². The summed E-state index contributed by atoms with van der Waals surface area (Å²) >= 11 is 0. The molecular weight excluding hydrogens is 318 g/mol. The number of nitrogens with zero attached hydrogens (tertiary/aromatic N) is 3. The highest BCUT2D eigenvalue weighted by Crippen LogP contribution is 2.26. The molecule has 0 bridgehead atoms. The maximum Gasteiger partial charge on any atom is 0.406 e. The van der Waals surface area contributed by atoms with Crippen molar-refractivity contribution in [3.8, 4) is 0 Å². The molecule has 0 aliphatic carbocycles. The second-order valence-corrected chi connectivity index (χ2v) is 5.30. The number of hydrogen-bond acceptors (Lipinski definition) is 3. The quantitative estimate of drug-likeness (QED) is 0.791. The van der Waals surface area contributed by atoms with Gasteiger partial charge >= 0.3 is 6.18 Å². The molecule has 2 heterocycles. The Morgan fingerprint density at radius 3 is 2.70 bits per heavy atom. The van der Waals surface area contributed by atoms with E-state index in [-0.39, 0.29) is 23.9 Å². The Morgan fingerprint density at radius 2 is 2.00 bits per heavy atom. The molecule has 1 aromatic carbocycles. The van der Waals surface area contributed by atoms with Gasteiger partial charge in [0.15, 0.2) is 0 Å². The summed E-state index contributed by atoms with van der Waals surface area (Å²) in [4.78, 5) is 29.1. The van der Waals surface area contributed by atoms with Crippen LogP contribution < -0.4 is 5.56 Å². The van der Waals surface area contributed by atoms with Crippen LogP contribution in [0.15, 0.2) is 29.3 Å². The molecule has 1 saturated heterocycles. The standard InChI is InChI=1S/C14H11F4N3O2/c15-8-1-2-9-10(5-8)19-7-21(12(9)22)11-3-4-20(13(11)23)6-14(16,17)18/h1-2,5,7,11H,3-4,6H2/t11-/m0/s1. The van der Waals surface area contributed by atoms with Crippen LogP contribution >= 0.6 is 0 Å². The van der Waals surface area contributed by atoms with Gasteiger partial charge in [0.25, 0.3) is 5.56 Å². The van der Waals surface area contributed by atoms with Gasteiger partial charge in [-0.05, 0) is 18.6 Å². The van der Waals surface area contributed by atoms with E-state index in [1.807, 2.05) is 0 Å². The van der Waals surface area contributed by atoms with E-state index in [2.05, 4.69) is 4.98 Å². The molecule has 2 aromatic rings. The number of aromatic nitrogens is 2. The Bertz CT molecular complexity index is 831. The first kappa shape index (κ1) is 15.4. The highest BCUT2D eigenvalue weighted by atomic mass is 19.4. The number of halogens is 4. The third-order valence-corrected chi connectivity index (χ3v) is 3.72. The molecular formula is C14H11F4N3O2. The highest BCUT2D eigenvalue weighted by Gasteiger charge is 2.40. The van der Waals surface area contributed by atoms with Crippen molar-refractivity contribution < 1.29 is 22.4 Å². The summed E-state index contributed by atoms with van der Waals surface area (Å²) in [5.41, 5.74) is -0.453. The molecule has 3 rings (SSSR count). The number of fused-ring (bicyclic) bond motifs is 1. The second kappa shape index (κ2) is 5.32. The summed E-state index contributed by atoms with van der Waals surface area (Å²) in [5, 5.41) is 0.107. The van der Waals surface area contributed by atoms with Crippen LogP contribution in [0.4, 0.5) is 17.6 Å². The number of carbonyl (C=O) groups excluding carboxylic acids is 1. The first-order valence-electron chi connectivity index (χ1n) is 6.78. The van der Waals surface area contributed by atoms with Gasteiger partial charge in [-0.1, -0.05) is 0 Å². The van der Waals surface area contributed by atoms with Gasteiger partial charge in [0.2, 0.25) is 5.91 Å². The van der Waals surface area contributed by atoms with E-state index in [1.165, 1.54) is 6.07 Å². The fourth-order valence-corrected chi connectivity index (χ4v) is 2.68. The molecule has 1 amide bonds. The van der Waals surface area contributed by atoms with Crippen LogP contribution in [-0.4, -0.2) is 39.6 Å². The number of hydrogen-bond donors (Lipinski definition) is 0. The molecule has 0 spiro atoms. The zero-order chi connectivity index (χ0) is 16.8. The SMILES string of the molecule is O=C1[C@@H](n2cnc3cc(F)ccc3c2=O)CCN1CC(F)(F)F. The van der Waals surface area contributed by atoms with Gasteiger partial charge in [-0.2, -0.15) is 13.2 Å². The van der Waals surface area contributed by atoms with Crippen LogP contribution in [0.2, 0.25) is 0 Å². The summed E-state index contributed by atoms with van der Waals surface area (Å²) in [7, 11) is 0. The smallest absolute Gasteiger partial charge is 0.332 e. The number of amides is 1. The number of rotatable bonds is 2. The van der Waals surface area contributed by atoms with Crippen molar-refractivity contribution >= 4 is 16.8 Å². The number of benzene rings is 1. The lowest BCUT2D eigenvalue weighted by Crippen LogP contribution is -2.38. The average Bonchev–Trinajstić information content (AvgIpc) is 2.79. The minimum absolute atomic E-state index is 0.0864. The Kier molecular flexibility index (Phi) is 3.57. The third kappa shape index (κ3) is 2.90. The fourth-order valence-electron chi connectivity index (χ4n) is 2.68. The van der Waals surface area contributed by atoms with E-state index in [0.29, 0.717) is 4.90 Å². The van der Waals surface area contributed by atoms with Gasteiger partial charge in [-0.3, -0.25) is 14.2 Å². The first-order chi connectivity index (χ1) is 10.8. The molecule has 122 valence electrons. The lowest BCUT2D eigenvalue weighted by molar-refractivity contribution is -0.158. The summed E-state index contributed by atoms with van der Waals surface area (Å²) < 4.78 is 51.4. The van der Waals surface area contributed by atoms with E-state index < -0.39 is 36.0 Å². The molecule has 0 radical (unpaired) electrons. The van der Waals surface area contributed by atoms with E-state index >= 15 is 0 Å². The number of carbonyl (C=O) groups is 1. The summed E-state index contributed by atoms with van der Waals surface area (Å²) in [6.07, 6.45) is -3.33. The van der Waals surface area contributed by atoms with Crippen LogP contribution in [0.1, 0.15) is 12.5 Å². The molecule has 1 aliphatic heterocycles. The van der Waals surface area contributed by atoms with Gasteiger partial charge < -0.3 is 4.90 Å². The number of alkyl halides is 3. The zero-order valence-electron chi connectivity index (χ0n) is 11.7. The summed E-state index contributed by atoms with van der Waals surface area (Å²) in [6, 6.07) is 2.38. The van der Waals surface area contributed by atoms with Crippen molar-refractivity contribution in [1.29, 1.82) is 0 Å². The van der Waals surface area contributed by atoms with E-state index in [1.54, 1.807) is 0 Å². The largest absolute Gasteiger partial charge is 0.406 e.